The summed E-state index contributed by atoms with van der Waals surface area (Å²) in [5, 5.41) is 0. The van der Waals surface area contributed by atoms with Gasteiger partial charge in [0.2, 0.25) is 0 Å². The first kappa shape index (κ1) is 20.9. The Hall–Kier alpha value is -2.81. The molecule has 0 saturated carbocycles. The van der Waals surface area contributed by atoms with Crippen molar-refractivity contribution < 1.29 is 14.0 Å². The Bertz CT molecular complexity index is 814. The van der Waals surface area contributed by atoms with Crippen LogP contribution in [0.15, 0.2) is 79.1 Å². The summed E-state index contributed by atoms with van der Waals surface area (Å²) < 4.78 is 13.4. The zero-order chi connectivity index (χ0) is 20.2. The Balaban J connectivity index is 1.26. The Kier molecular flexibility index (Phi) is 8.58. The number of methoxy groups -OCH3 is 1. The van der Waals surface area contributed by atoms with Crippen LogP contribution in [0.25, 0.3) is 11.1 Å². The second-order valence-corrected chi connectivity index (χ2v) is 7.34. The minimum Gasteiger partial charge on any atom is -0.497 e. The molecule has 0 radical (unpaired) electrons. The summed E-state index contributed by atoms with van der Waals surface area (Å²) >= 11 is 0. The molecule has 1 heterocycles. The first-order valence-corrected chi connectivity index (χ1v) is 10.7. The lowest BCUT2D eigenvalue weighted by Crippen LogP contribution is -2.32. The molecule has 1 aromatic heterocycles. The SMILES string of the molecule is COc1ccc(-c2ccc(OCCCCCCCC[n+]3ccccc3)cc2)cc1. The summed E-state index contributed by atoms with van der Waals surface area (Å²) in [6, 6.07) is 22.7. The molecule has 3 nitrogen and oxygen atoms in total. The van der Waals surface area contributed by atoms with Crippen LogP contribution < -0.4 is 14.0 Å². The third-order valence-electron chi connectivity index (χ3n) is 5.13. The van der Waals surface area contributed by atoms with Crippen LogP contribution in [0.5, 0.6) is 11.5 Å². The normalized spacial score (nSPS) is 10.7. The van der Waals surface area contributed by atoms with Gasteiger partial charge in [-0.05, 0) is 48.2 Å². The summed E-state index contributed by atoms with van der Waals surface area (Å²) in [7, 11) is 1.69. The molecule has 0 bridgehead atoms. The smallest absolute Gasteiger partial charge is 0.168 e. The van der Waals surface area contributed by atoms with Gasteiger partial charge in [-0.3, -0.25) is 0 Å². The number of nitrogens with zero attached hydrogens (tertiary/aromatic N) is 1. The number of hydrogen-bond acceptors (Lipinski definition) is 2. The lowest BCUT2D eigenvalue weighted by atomic mass is 10.1. The third kappa shape index (κ3) is 7.26. The highest BCUT2D eigenvalue weighted by Gasteiger charge is 2.01. The van der Waals surface area contributed by atoms with E-state index in [0.29, 0.717) is 0 Å². The number of ether oxygens (including phenoxy) is 2. The molecule has 0 saturated heterocycles. The standard InChI is InChI=1S/C26H32NO2/c1-28-25-15-11-23(12-16-25)24-13-17-26(18-14-24)29-22-10-5-3-2-4-7-19-27-20-8-6-9-21-27/h6,8-9,11-18,20-21H,2-5,7,10,19,22H2,1H3/q+1. The van der Waals surface area contributed by atoms with Crippen LogP contribution >= 0.6 is 0 Å². The second-order valence-electron chi connectivity index (χ2n) is 7.34. The van der Waals surface area contributed by atoms with E-state index >= 15 is 0 Å². The number of aromatic nitrogens is 1. The van der Waals surface area contributed by atoms with Crippen molar-refractivity contribution in [3.05, 3.63) is 79.1 Å². The van der Waals surface area contributed by atoms with Crippen LogP contribution in [0.1, 0.15) is 38.5 Å². The van der Waals surface area contributed by atoms with Crippen LogP contribution in [0.4, 0.5) is 0 Å². The predicted octanol–water partition coefficient (Wildman–Crippen LogP) is 6.07. The molecule has 0 amide bonds. The number of unbranched alkanes of at least 4 members (excludes halogenated alkanes) is 5. The molecule has 0 aliphatic carbocycles. The maximum Gasteiger partial charge on any atom is 0.168 e. The van der Waals surface area contributed by atoms with Crippen molar-refractivity contribution in [2.24, 2.45) is 0 Å². The molecular weight excluding hydrogens is 358 g/mol. The molecule has 3 heteroatoms. The van der Waals surface area contributed by atoms with E-state index in [9.17, 15) is 0 Å². The van der Waals surface area contributed by atoms with Gasteiger partial charge in [-0.2, -0.15) is 0 Å². The van der Waals surface area contributed by atoms with Gasteiger partial charge in [0, 0.05) is 18.6 Å². The predicted molar refractivity (Wildman–Crippen MR) is 118 cm³/mol. The highest BCUT2D eigenvalue weighted by Crippen LogP contribution is 2.24. The fourth-order valence-corrected chi connectivity index (χ4v) is 3.40. The van der Waals surface area contributed by atoms with Crippen LogP contribution in [0.2, 0.25) is 0 Å². The van der Waals surface area contributed by atoms with Crippen molar-refractivity contribution in [3.8, 4) is 22.6 Å². The second kappa shape index (κ2) is 11.9. The molecule has 3 rings (SSSR count). The van der Waals surface area contributed by atoms with Crippen molar-refractivity contribution in [3.63, 3.8) is 0 Å². The molecule has 0 unspecified atom stereocenters. The van der Waals surface area contributed by atoms with Gasteiger partial charge >= 0.3 is 0 Å². The van der Waals surface area contributed by atoms with E-state index in [1.165, 1.54) is 43.2 Å². The highest BCUT2D eigenvalue weighted by atomic mass is 16.5. The number of hydrogen-bond donors (Lipinski definition) is 0. The van der Waals surface area contributed by atoms with Crippen LogP contribution in [-0.4, -0.2) is 13.7 Å². The number of benzene rings is 2. The zero-order valence-corrected chi connectivity index (χ0v) is 17.4. The van der Waals surface area contributed by atoms with Crippen LogP contribution in [-0.2, 0) is 6.54 Å². The van der Waals surface area contributed by atoms with Crippen molar-refractivity contribution >= 4 is 0 Å². The Morgan fingerprint density at radius 3 is 1.79 bits per heavy atom. The van der Waals surface area contributed by atoms with E-state index in [1.54, 1.807) is 7.11 Å². The van der Waals surface area contributed by atoms with E-state index in [4.69, 9.17) is 9.47 Å². The molecule has 2 aromatic carbocycles. The molecule has 0 spiro atoms. The minimum atomic E-state index is 0.793. The highest BCUT2D eigenvalue weighted by molar-refractivity contribution is 5.64. The maximum atomic E-state index is 5.90. The number of pyridine rings is 1. The molecule has 152 valence electrons. The third-order valence-corrected chi connectivity index (χ3v) is 5.13. The molecule has 3 aromatic rings. The zero-order valence-electron chi connectivity index (χ0n) is 17.4. The molecule has 0 atom stereocenters. The number of rotatable bonds is 12. The van der Waals surface area contributed by atoms with E-state index in [-0.39, 0.29) is 0 Å². The van der Waals surface area contributed by atoms with Gasteiger partial charge in [0.25, 0.3) is 0 Å². The largest absolute Gasteiger partial charge is 0.497 e. The van der Waals surface area contributed by atoms with Gasteiger partial charge in [0.15, 0.2) is 12.4 Å². The maximum absolute atomic E-state index is 5.90. The van der Waals surface area contributed by atoms with Gasteiger partial charge in [0.05, 0.1) is 13.7 Å². The van der Waals surface area contributed by atoms with Gasteiger partial charge < -0.3 is 9.47 Å². The van der Waals surface area contributed by atoms with E-state index in [0.717, 1.165) is 31.1 Å². The van der Waals surface area contributed by atoms with Crippen LogP contribution in [0, 0.1) is 0 Å². The summed E-state index contributed by atoms with van der Waals surface area (Å²) in [6.45, 7) is 1.91. The molecule has 0 aliphatic heterocycles. The fourth-order valence-electron chi connectivity index (χ4n) is 3.40. The van der Waals surface area contributed by atoms with Gasteiger partial charge in [-0.1, -0.05) is 49.6 Å². The molecule has 0 fully saturated rings. The molecule has 0 N–H and O–H groups in total. The Morgan fingerprint density at radius 2 is 1.17 bits per heavy atom. The Morgan fingerprint density at radius 1 is 0.621 bits per heavy atom. The van der Waals surface area contributed by atoms with Crippen molar-refractivity contribution in [1.82, 2.24) is 0 Å². The monoisotopic (exact) mass is 390 g/mol. The van der Waals surface area contributed by atoms with E-state index in [1.807, 2.05) is 12.1 Å². The van der Waals surface area contributed by atoms with E-state index < -0.39 is 0 Å². The number of aryl methyl sites for hydroxylation is 1. The summed E-state index contributed by atoms with van der Waals surface area (Å²) in [5.74, 6) is 1.82. The van der Waals surface area contributed by atoms with Crippen molar-refractivity contribution in [2.45, 2.75) is 45.1 Å². The molecule has 29 heavy (non-hydrogen) atoms. The van der Waals surface area contributed by atoms with Crippen molar-refractivity contribution in [1.29, 1.82) is 0 Å². The fraction of sp³-hybridized carbons (Fsp3) is 0.346. The lowest BCUT2D eigenvalue weighted by Gasteiger charge is -2.08. The van der Waals surface area contributed by atoms with E-state index in [2.05, 4.69) is 71.6 Å². The quantitative estimate of drug-likeness (QED) is 0.277. The topological polar surface area (TPSA) is 22.3 Å². The average molecular weight is 391 g/mol. The minimum absolute atomic E-state index is 0.793. The average Bonchev–Trinajstić information content (AvgIpc) is 2.79. The lowest BCUT2D eigenvalue weighted by molar-refractivity contribution is -0.697. The Labute approximate surface area is 174 Å². The van der Waals surface area contributed by atoms with Crippen LogP contribution in [0.3, 0.4) is 0 Å². The first-order chi connectivity index (χ1) is 14.3. The summed E-state index contributed by atoms with van der Waals surface area (Å²) in [4.78, 5) is 0. The summed E-state index contributed by atoms with van der Waals surface area (Å²) in [6.07, 6.45) is 11.8. The molecular formula is C26H32NO2+. The van der Waals surface area contributed by atoms with Gasteiger partial charge in [-0.25, -0.2) is 4.57 Å². The first-order valence-electron chi connectivity index (χ1n) is 10.7. The van der Waals surface area contributed by atoms with Gasteiger partial charge in [-0.15, -0.1) is 0 Å². The molecule has 0 aliphatic rings. The van der Waals surface area contributed by atoms with Crippen molar-refractivity contribution in [2.75, 3.05) is 13.7 Å². The van der Waals surface area contributed by atoms with Gasteiger partial charge in [0.1, 0.15) is 18.0 Å². The summed E-state index contributed by atoms with van der Waals surface area (Å²) in [5.41, 5.74) is 2.37.